The van der Waals surface area contributed by atoms with Crippen molar-refractivity contribution in [2.75, 3.05) is 17.3 Å². The molecule has 0 bridgehead atoms. The first-order chi connectivity index (χ1) is 8.28. The van der Waals surface area contributed by atoms with Crippen molar-refractivity contribution in [3.63, 3.8) is 0 Å². The molecule has 0 fully saturated rings. The summed E-state index contributed by atoms with van der Waals surface area (Å²) in [6.07, 6.45) is 1.06. The van der Waals surface area contributed by atoms with E-state index >= 15 is 0 Å². The van der Waals surface area contributed by atoms with Gasteiger partial charge in [-0.1, -0.05) is 6.07 Å². The maximum Gasteiger partial charge on any atom is 0.242 e. The van der Waals surface area contributed by atoms with Crippen molar-refractivity contribution >= 4 is 21.6 Å². The van der Waals surface area contributed by atoms with Crippen LogP contribution >= 0.6 is 0 Å². The van der Waals surface area contributed by atoms with Gasteiger partial charge in [-0.15, -0.1) is 0 Å². The second-order valence-electron chi connectivity index (χ2n) is 3.86. The molecule has 100 valence electrons. The molecular formula is C10H14FN3O3S. The van der Waals surface area contributed by atoms with Gasteiger partial charge in [0.2, 0.25) is 11.9 Å². The smallest absolute Gasteiger partial charge is 0.242 e. The Bertz CT molecular complexity index is 533. The number of aromatic nitrogens is 1. The fourth-order valence-electron chi connectivity index (χ4n) is 1.17. The van der Waals surface area contributed by atoms with Crippen LogP contribution < -0.4 is 11.1 Å². The number of sulfone groups is 1. The lowest BCUT2D eigenvalue weighted by molar-refractivity contribution is -0.117. The van der Waals surface area contributed by atoms with Gasteiger partial charge in [0.15, 0.2) is 0 Å². The summed E-state index contributed by atoms with van der Waals surface area (Å²) >= 11 is 0. The zero-order valence-electron chi connectivity index (χ0n) is 9.76. The highest BCUT2D eigenvalue weighted by Crippen LogP contribution is 2.04. The molecule has 3 N–H and O–H groups in total. The van der Waals surface area contributed by atoms with E-state index in [9.17, 15) is 17.6 Å². The summed E-state index contributed by atoms with van der Waals surface area (Å²) in [5.41, 5.74) is 5.51. The number of rotatable bonds is 5. The van der Waals surface area contributed by atoms with Gasteiger partial charge in [-0.3, -0.25) is 4.79 Å². The molecule has 0 saturated carbocycles. The van der Waals surface area contributed by atoms with Gasteiger partial charge in [0.05, 0.1) is 11.8 Å². The molecule has 0 radical (unpaired) electrons. The first-order valence-corrected chi connectivity index (χ1v) is 7.21. The van der Waals surface area contributed by atoms with Crippen molar-refractivity contribution in [3.05, 3.63) is 24.1 Å². The molecular weight excluding hydrogens is 261 g/mol. The third kappa shape index (κ3) is 5.19. The molecule has 1 rings (SSSR count). The standard InChI is InChI=1S/C10H14FN3O3S/c1-18(16,17)6-5-7(12)10(15)14-9-4-2-3-8(11)13-9/h2-4,7H,5-6,12H2,1H3,(H,13,14,15). The molecule has 0 aromatic carbocycles. The molecule has 0 spiro atoms. The molecule has 1 heterocycles. The Morgan fingerprint density at radius 1 is 1.56 bits per heavy atom. The number of pyridine rings is 1. The quantitative estimate of drug-likeness (QED) is 0.732. The minimum atomic E-state index is -3.17. The summed E-state index contributed by atoms with van der Waals surface area (Å²) in [6.45, 7) is 0. The molecule has 18 heavy (non-hydrogen) atoms. The van der Waals surface area contributed by atoms with Gasteiger partial charge in [-0.05, 0) is 18.6 Å². The lowest BCUT2D eigenvalue weighted by Gasteiger charge is -2.10. The van der Waals surface area contributed by atoms with E-state index in [0.29, 0.717) is 0 Å². The molecule has 1 aromatic heterocycles. The van der Waals surface area contributed by atoms with Gasteiger partial charge < -0.3 is 11.1 Å². The van der Waals surface area contributed by atoms with Crippen LogP contribution in [-0.2, 0) is 14.6 Å². The van der Waals surface area contributed by atoms with Gasteiger partial charge in [0, 0.05) is 6.26 Å². The number of hydrogen-bond donors (Lipinski definition) is 2. The van der Waals surface area contributed by atoms with Crippen LogP contribution in [-0.4, -0.2) is 37.4 Å². The van der Waals surface area contributed by atoms with Gasteiger partial charge in [-0.25, -0.2) is 13.4 Å². The van der Waals surface area contributed by atoms with E-state index in [1.807, 2.05) is 0 Å². The molecule has 0 saturated heterocycles. The lowest BCUT2D eigenvalue weighted by Crippen LogP contribution is -2.37. The van der Waals surface area contributed by atoms with Crippen LogP contribution in [0.15, 0.2) is 18.2 Å². The Kier molecular flexibility index (Phi) is 4.74. The Morgan fingerprint density at radius 3 is 2.78 bits per heavy atom. The minimum Gasteiger partial charge on any atom is -0.320 e. The van der Waals surface area contributed by atoms with E-state index in [4.69, 9.17) is 5.73 Å². The van der Waals surface area contributed by atoms with Crippen LogP contribution in [0.4, 0.5) is 10.2 Å². The lowest BCUT2D eigenvalue weighted by atomic mass is 10.2. The molecule has 1 unspecified atom stereocenters. The highest BCUT2D eigenvalue weighted by Gasteiger charge is 2.16. The van der Waals surface area contributed by atoms with E-state index in [0.717, 1.165) is 12.3 Å². The Labute approximate surface area is 104 Å². The third-order valence-electron chi connectivity index (χ3n) is 2.10. The van der Waals surface area contributed by atoms with E-state index in [2.05, 4.69) is 10.3 Å². The fraction of sp³-hybridized carbons (Fsp3) is 0.400. The van der Waals surface area contributed by atoms with Crippen LogP contribution in [0.3, 0.4) is 0 Å². The summed E-state index contributed by atoms with van der Waals surface area (Å²) in [4.78, 5) is 15.0. The van der Waals surface area contributed by atoms with Crippen LogP contribution in [0, 0.1) is 5.95 Å². The van der Waals surface area contributed by atoms with Crippen molar-refractivity contribution in [1.82, 2.24) is 4.98 Å². The molecule has 0 aliphatic heterocycles. The monoisotopic (exact) mass is 275 g/mol. The molecule has 0 aliphatic carbocycles. The number of hydrogen-bond acceptors (Lipinski definition) is 5. The maximum atomic E-state index is 12.8. The minimum absolute atomic E-state index is 0.0000175. The van der Waals surface area contributed by atoms with Crippen molar-refractivity contribution < 1.29 is 17.6 Å². The predicted octanol–water partition coefficient (Wildman–Crippen LogP) is -0.0788. The highest BCUT2D eigenvalue weighted by atomic mass is 32.2. The summed E-state index contributed by atoms with van der Waals surface area (Å²) in [6, 6.07) is 2.95. The van der Waals surface area contributed by atoms with E-state index in [1.54, 1.807) is 0 Å². The van der Waals surface area contributed by atoms with Crippen molar-refractivity contribution in [2.24, 2.45) is 5.73 Å². The Morgan fingerprint density at radius 2 is 2.22 bits per heavy atom. The third-order valence-corrected chi connectivity index (χ3v) is 3.08. The summed E-state index contributed by atoms with van der Waals surface area (Å²) in [5, 5.41) is 2.31. The SMILES string of the molecule is CS(=O)(=O)CCC(N)C(=O)Nc1cccc(F)n1. The Balaban J connectivity index is 2.55. The first-order valence-electron chi connectivity index (χ1n) is 5.14. The number of halogens is 1. The normalized spacial score (nSPS) is 13.1. The topological polar surface area (TPSA) is 102 Å². The number of carbonyl (C=O) groups is 1. The largest absolute Gasteiger partial charge is 0.320 e. The number of nitrogens with two attached hydrogens (primary N) is 1. The van der Waals surface area contributed by atoms with Crippen molar-refractivity contribution in [3.8, 4) is 0 Å². The van der Waals surface area contributed by atoms with E-state index < -0.39 is 27.7 Å². The van der Waals surface area contributed by atoms with Crippen molar-refractivity contribution in [1.29, 1.82) is 0 Å². The van der Waals surface area contributed by atoms with E-state index in [-0.39, 0.29) is 18.0 Å². The molecule has 0 aliphatic rings. The highest BCUT2D eigenvalue weighted by molar-refractivity contribution is 7.90. The summed E-state index contributed by atoms with van der Waals surface area (Å²) in [5.74, 6) is -1.47. The van der Waals surface area contributed by atoms with Gasteiger partial charge >= 0.3 is 0 Å². The van der Waals surface area contributed by atoms with Crippen molar-refractivity contribution in [2.45, 2.75) is 12.5 Å². The number of amides is 1. The van der Waals surface area contributed by atoms with Crippen LogP contribution in [0.25, 0.3) is 0 Å². The molecule has 6 nitrogen and oxygen atoms in total. The zero-order chi connectivity index (χ0) is 13.8. The van der Waals surface area contributed by atoms with Crippen LogP contribution in [0.5, 0.6) is 0 Å². The summed E-state index contributed by atoms with van der Waals surface area (Å²) < 4.78 is 34.6. The second-order valence-corrected chi connectivity index (χ2v) is 6.12. The fourth-order valence-corrected chi connectivity index (χ4v) is 1.85. The summed E-state index contributed by atoms with van der Waals surface area (Å²) in [7, 11) is -3.17. The number of anilines is 1. The molecule has 1 aromatic rings. The Hall–Kier alpha value is -1.54. The van der Waals surface area contributed by atoms with Crippen LogP contribution in [0.2, 0.25) is 0 Å². The number of nitrogens with zero attached hydrogens (tertiary/aromatic N) is 1. The van der Waals surface area contributed by atoms with E-state index in [1.165, 1.54) is 12.1 Å². The number of nitrogens with one attached hydrogen (secondary N) is 1. The maximum absolute atomic E-state index is 12.8. The zero-order valence-corrected chi connectivity index (χ0v) is 10.6. The molecule has 1 atom stereocenters. The second kappa shape index (κ2) is 5.87. The average molecular weight is 275 g/mol. The molecule has 1 amide bonds. The van der Waals surface area contributed by atoms with Crippen LogP contribution in [0.1, 0.15) is 6.42 Å². The predicted molar refractivity (Wildman–Crippen MR) is 65.1 cm³/mol. The first kappa shape index (κ1) is 14.5. The number of carbonyl (C=O) groups excluding carboxylic acids is 1. The average Bonchev–Trinajstić information content (AvgIpc) is 2.24. The van der Waals surface area contributed by atoms with Gasteiger partial charge in [0.25, 0.3) is 0 Å². The van der Waals surface area contributed by atoms with Gasteiger partial charge in [0.1, 0.15) is 15.7 Å². The van der Waals surface area contributed by atoms with Gasteiger partial charge in [-0.2, -0.15) is 4.39 Å². The molecule has 8 heteroatoms.